The Balaban J connectivity index is 1.21. The molecule has 0 spiro atoms. The quantitative estimate of drug-likeness (QED) is 0.187. The molecule has 0 bridgehead atoms. The van der Waals surface area contributed by atoms with Crippen molar-refractivity contribution in [3.8, 4) is 5.75 Å². The van der Waals surface area contributed by atoms with E-state index in [1.54, 1.807) is 0 Å². The van der Waals surface area contributed by atoms with Gasteiger partial charge in [-0.25, -0.2) is 10.3 Å². The van der Waals surface area contributed by atoms with Gasteiger partial charge in [0.15, 0.2) is 6.29 Å². The second kappa shape index (κ2) is 15.1. The highest BCUT2D eigenvalue weighted by Crippen LogP contribution is 2.26. The smallest absolute Gasteiger partial charge is 0.274 e. The molecule has 2 saturated heterocycles. The normalized spacial score (nSPS) is 18.9. The molecule has 2 heterocycles. The van der Waals surface area contributed by atoms with E-state index in [-0.39, 0.29) is 12.2 Å². The Morgan fingerprint density at radius 2 is 1.75 bits per heavy atom. The number of hydroxylamine groups is 1. The van der Waals surface area contributed by atoms with Crippen molar-refractivity contribution in [2.75, 3.05) is 32.8 Å². The van der Waals surface area contributed by atoms with Gasteiger partial charge in [0.25, 0.3) is 5.91 Å². The van der Waals surface area contributed by atoms with Gasteiger partial charge in [-0.15, -0.1) is 0 Å². The van der Waals surface area contributed by atoms with E-state index in [1.807, 2.05) is 48.5 Å². The molecule has 0 saturated carbocycles. The average molecular weight is 592 g/mol. The third-order valence-electron chi connectivity index (χ3n) is 8.31. The summed E-state index contributed by atoms with van der Waals surface area (Å²) in [7, 11) is 0. The molecule has 2 fully saturated rings. The molecule has 2 unspecified atom stereocenters. The number of nitrogens with one attached hydrogen (secondary N) is 2. The number of carbonyl (C=O) groups excluding carboxylic acids is 1. The van der Waals surface area contributed by atoms with Crippen molar-refractivity contribution in [1.82, 2.24) is 15.7 Å². The molecule has 0 aromatic heterocycles. The zero-order chi connectivity index (χ0) is 30.0. The minimum absolute atomic E-state index is 0.281. The fourth-order valence-electron chi connectivity index (χ4n) is 5.92. The fourth-order valence-corrected chi connectivity index (χ4v) is 5.92. The lowest BCUT2D eigenvalue weighted by atomic mass is 10.1. The van der Waals surface area contributed by atoms with E-state index >= 15 is 0 Å². The van der Waals surface area contributed by atoms with Crippen LogP contribution in [0.3, 0.4) is 0 Å². The van der Waals surface area contributed by atoms with E-state index in [4.69, 9.17) is 14.3 Å². The van der Waals surface area contributed by atoms with Gasteiger partial charge in [0.05, 0.1) is 0 Å². The van der Waals surface area contributed by atoms with Crippen LogP contribution in [0.5, 0.6) is 5.75 Å². The van der Waals surface area contributed by atoms with Crippen molar-refractivity contribution in [3.05, 3.63) is 119 Å². The largest absolute Gasteiger partial charge is 0.489 e. The molecule has 2 aliphatic heterocycles. The van der Waals surface area contributed by atoms with Gasteiger partial charge in [0.2, 0.25) is 0 Å². The third-order valence-corrected chi connectivity index (χ3v) is 8.31. The van der Waals surface area contributed by atoms with E-state index in [0.717, 1.165) is 79.5 Å². The molecular formula is C37H41N3O4. The molecule has 44 heavy (non-hydrogen) atoms. The lowest BCUT2D eigenvalue weighted by molar-refractivity contribution is -0.186. The number of amides is 1. The summed E-state index contributed by atoms with van der Waals surface area (Å²) in [6.45, 7) is 4.75. The maximum atomic E-state index is 12.7. The summed E-state index contributed by atoms with van der Waals surface area (Å²) in [5.74, 6) is 0.595. The number of benzene rings is 4. The standard InChI is InChI=1S/C37H41N3O4/c41-37(39-44-36-15-6-7-22-42-36)32-18-16-28(17-19-32)23-30(27-43-35-14-8-12-31-11-4-5-13-34(31)35)26-40(33-20-21-38-24-33)25-29-9-2-1-3-10-29/h1-5,8-14,16-19,23,33,36,38H,6-7,15,20-22,24-27H2,(H,39,41)/b30-23+. The van der Waals surface area contributed by atoms with E-state index in [9.17, 15) is 4.79 Å². The summed E-state index contributed by atoms with van der Waals surface area (Å²) in [5.41, 5.74) is 6.56. The molecule has 6 rings (SSSR count). The lowest BCUT2D eigenvalue weighted by Crippen LogP contribution is -2.38. The van der Waals surface area contributed by atoms with Gasteiger partial charge in [0.1, 0.15) is 12.4 Å². The Morgan fingerprint density at radius 1 is 0.932 bits per heavy atom. The van der Waals surface area contributed by atoms with Crippen LogP contribution < -0.4 is 15.5 Å². The Hall–Kier alpha value is -4.01. The van der Waals surface area contributed by atoms with Gasteiger partial charge in [-0.05, 0) is 66.1 Å². The minimum atomic E-state index is -0.381. The maximum absolute atomic E-state index is 12.7. The van der Waals surface area contributed by atoms with Gasteiger partial charge in [-0.1, -0.05) is 84.9 Å². The third kappa shape index (κ3) is 8.12. The first kappa shape index (κ1) is 30.0. The number of rotatable bonds is 12. The summed E-state index contributed by atoms with van der Waals surface area (Å²) < 4.78 is 12.1. The van der Waals surface area contributed by atoms with Gasteiger partial charge >= 0.3 is 0 Å². The SMILES string of the molecule is O=C(NOC1CCCCO1)c1ccc(/C=C(/COc2cccc3ccccc23)CN(Cc2ccccc2)C2CCNC2)cc1. The van der Waals surface area contributed by atoms with Crippen molar-refractivity contribution in [2.45, 2.75) is 44.6 Å². The number of hydrogen-bond donors (Lipinski definition) is 2. The monoisotopic (exact) mass is 591 g/mol. The van der Waals surface area contributed by atoms with Crippen LogP contribution in [0.2, 0.25) is 0 Å². The molecule has 228 valence electrons. The summed E-state index contributed by atoms with van der Waals surface area (Å²) >= 11 is 0. The van der Waals surface area contributed by atoms with Crippen LogP contribution in [0.1, 0.15) is 47.2 Å². The second-order valence-electron chi connectivity index (χ2n) is 11.6. The van der Waals surface area contributed by atoms with Crippen LogP contribution in [0.25, 0.3) is 16.8 Å². The van der Waals surface area contributed by atoms with Gasteiger partial charge in [-0.3, -0.25) is 9.69 Å². The maximum Gasteiger partial charge on any atom is 0.274 e. The summed E-state index contributed by atoms with van der Waals surface area (Å²) in [5, 5.41) is 5.80. The number of ether oxygens (including phenoxy) is 2. The second-order valence-corrected chi connectivity index (χ2v) is 11.6. The van der Waals surface area contributed by atoms with Crippen LogP contribution >= 0.6 is 0 Å². The Kier molecular flexibility index (Phi) is 10.3. The van der Waals surface area contributed by atoms with E-state index < -0.39 is 0 Å². The highest BCUT2D eigenvalue weighted by atomic mass is 16.8. The molecule has 4 aromatic rings. The van der Waals surface area contributed by atoms with Crippen molar-refractivity contribution in [2.24, 2.45) is 0 Å². The Morgan fingerprint density at radius 3 is 2.55 bits per heavy atom. The summed E-state index contributed by atoms with van der Waals surface area (Å²) in [4.78, 5) is 20.7. The Labute approximate surface area is 259 Å². The molecule has 1 amide bonds. The first-order valence-electron chi connectivity index (χ1n) is 15.7. The molecular weight excluding hydrogens is 550 g/mol. The van der Waals surface area contributed by atoms with Crippen LogP contribution in [0.15, 0.2) is 103 Å². The van der Waals surface area contributed by atoms with E-state index in [2.05, 4.69) is 70.3 Å². The lowest BCUT2D eigenvalue weighted by Gasteiger charge is -2.29. The zero-order valence-corrected chi connectivity index (χ0v) is 25.1. The van der Waals surface area contributed by atoms with Crippen molar-refractivity contribution in [3.63, 3.8) is 0 Å². The minimum Gasteiger partial charge on any atom is -0.489 e. The number of nitrogens with zero attached hydrogens (tertiary/aromatic N) is 1. The van der Waals surface area contributed by atoms with Crippen LogP contribution in [-0.2, 0) is 16.1 Å². The van der Waals surface area contributed by atoms with E-state index in [1.165, 1.54) is 5.56 Å². The molecule has 7 nitrogen and oxygen atoms in total. The highest BCUT2D eigenvalue weighted by molar-refractivity contribution is 5.93. The average Bonchev–Trinajstić information content (AvgIpc) is 3.62. The van der Waals surface area contributed by atoms with Gasteiger partial charge in [-0.2, -0.15) is 0 Å². The molecule has 2 atom stereocenters. The Bertz CT molecular complexity index is 1520. The number of carbonyl (C=O) groups is 1. The highest BCUT2D eigenvalue weighted by Gasteiger charge is 2.24. The molecule has 7 heteroatoms. The molecule has 2 N–H and O–H groups in total. The van der Waals surface area contributed by atoms with Gasteiger partial charge < -0.3 is 14.8 Å². The summed E-state index contributed by atoms with van der Waals surface area (Å²) in [6, 6.07) is 33.2. The van der Waals surface area contributed by atoms with Crippen molar-refractivity contribution in [1.29, 1.82) is 0 Å². The van der Waals surface area contributed by atoms with Crippen molar-refractivity contribution < 1.29 is 19.1 Å². The zero-order valence-electron chi connectivity index (χ0n) is 25.1. The molecule has 0 aliphatic carbocycles. The van der Waals surface area contributed by atoms with Crippen LogP contribution in [-0.4, -0.2) is 56.0 Å². The summed E-state index contributed by atoms with van der Waals surface area (Å²) in [6.07, 6.45) is 5.77. The van der Waals surface area contributed by atoms with Gasteiger partial charge in [0, 0.05) is 49.7 Å². The topological polar surface area (TPSA) is 72.1 Å². The first-order chi connectivity index (χ1) is 21.7. The predicted octanol–water partition coefficient (Wildman–Crippen LogP) is 6.35. The van der Waals surface area contributed by atoms with E-state index in [0.29, 0.717) is 24.8 Å². The van der Waals surface area contributed by atoms with Crippen LogP contribution in [0.4, 0.5) is 0 Å². The number of hydrogen-bond acceptors (Lipinski definition) is 6. The predicted molar refractivity (Wildman–Crippen MR) is 174 cm³/mol. The number of fused-ring (bicyclic) bond motifs is 1. The molecule has 4 aromatic carbocycles. The molecule has 2 aliphatic rings. The van der Waals surface area contributed by atoms with Crippen LogP contribution in [0, 0.1) is 0 Å². The van der Waals surface area contributed by atoms with Crippen molar-refractivity contribution >= 4 is 22.8 Å². The fraction of sp³-hybridized carbons (Fsp3) is 0.324. The molecule has 0 radical (unpaired) electrons. The first-order valence-corrected chi connectivity index (χ1v) is 15.7.